The van der Waals surface area contributed by atoms with Gasteiger partial charge in [0.05, 0.1) is 0 Å². The summed E-state index contributed by atoms with van der Waals surface area (Å²) >= 11 is 0. The van der Waals surface area contributed by atoms with Crippen molar-refractivity contribution in [2.45, 2.75) is 0 Å². The van der Waals surface area contributed by atoms with Gasteiger partial charge >= 0.3 is 0 Å². The summed E-state index contributed by atoms with van der Waals surface area (Å²) in [5.41, 5.74) is 10.2. The maximum absolute atomic E-state index is 10.8. The smallest absolute Gasteiger partial charge is 0.254 e. The van der Waals surface area contributed by atoms with E-state index < -0.39 is 0 Å². The normalized spacial score (nSPS) is 9.22. The number of nitrogen functional groups attached to an aromatic ring is 2. The Morgan fingerprint density at radius 2 is 1.13 bits per heavy atom. The molecule has 128 valence electrons. The van der Waals surface area contributed by atoms with Crippen LogP contribution in [0.3, 0.4) is 0 Å². The summed E-state index contributed by atoms with van der Waals surface area (Å²) in [5.74, 6) is 1.40. The highest BCUT2D eigenvalue weighted by Crippen LogP contribution is 2.00. The van der Waals surface area contributed by atoms with Crippen LogP contribution in [-0.2, 0) is 0 Å². The van der Waals surface area contributed by atoms with Crippen molar-refractivity contribution < 1.29 is 5.48 Å². The molecule has 0 saturated carbocycles. The minimum Gasteiger partial charge on any atom is -0.412 e. The van der Waals surface area contributed by atoms with Gasteiger partial charge in [-0.1, -0.05) is 0 Å². The number of H-pyrrole nitrogens is 2. The lowest BCUT2D eigenvalue weighted by Crippen LogP contribution is -2.18. The molecular formula is C12H22N8O3. The van der Waals surface area contributed by atoms with Gasteiger partial charge in [-0.2, -0.15) is 9.97 Å². The van der Waals surface area contributed by atoms with Crippen molar-refractivity contribution in [2.24, 2.45) is 0 Å². The SMILES string of the molecule is CN(C)c1nc(N)cc(=O)[nH]1.CN(C)c1nc(N)cc(=O)[nH]1.O. The standard InChI is InChI=1S/2C6H10N4O.H2O/c2*1-10(2)6-8-4(7)3-5(11)9-6;/h2*3H,1-2H3,(H3,7,8,9,11);1H2. The minimum absolute atomic E-state index is 0. The predicted octanol–water partition coefficient (Wildman–Crippen LogP) is -1.99. The molecule has 0 spiro atoms. The molecule has 0 fully saturated rings. The summed E-state index contributed by atoms with van der Waals surface area (Å²) in [6.07, 6.45) is 0. The molecule has 0 aliphatic heterocycles. The van der Waals surface area contributed by atoms with Gasteiger partial charge in [-0.05, 0) is 0 Å². The molecule has 2 aromatic rings. The zero-order chi connectivity index (χ0) is 16.9. The Morgan fingerprint density at radius 1 is 0.826 bits per heavy atom. The van der Waals surface area contributed by atoms with Crippen molar-refractivity contribution in [3.8, 4) is 0 Å². The molecule has 23 heavy (non-hydrogen) atoms. The first-order chi connectivity index (χ1) is 10.2. The van der Waals surface area contributed by atoms with Gasteiger partial charge in [0.15, 0.2) is 0 Å². The highest BCUT2D eigenvalue weighted by atomic mass is 16.1. The van der Waals surface area contributed by atoms with Crippen molar-refractivity contribution in [1.29, 1.82) is 0 Å². The Kier molecular flexibility index (Phi) is 7.26. The molecule has 0 saturated heterocycles. The Balaban J connectivity index is 0.000000403. The molecule has 0 aromatic carbocycles. The third-order valence-corrected chi connectivity index (χ3v) is 2.35. The molecule has 11 heteroatoms. The minimum atomic E-state index is -0.235. The zero-order valence-corrected chi connectivity index (χ0v) is 13.4. The zero-order valence-electron chi connectivity index (χ0n) is 13.4. The van der Waals surface area contributed by atoms with Crippen LogP contribution >= 0.6 is 0 Å². The highest BCUT2D eigenvalue weighted by Gasteiger charge is 1.99. The van der Waals surface area contributed by atoms with Gasteiger partial charge in [0.25, 0.3) is 11.1 Å². The van der Waals surface area contributed by atoms with Crippen LogP contribution in [0.4, 0.5) is 23.5 Å². The molecule has 0 aliphatic carbocycles. The van der Waals surface area contributed by atoms with Crippen LogP contribution in [0.1, 0.15) is 0 Å². The summed E-state index contributed by atoms with van der Waals surface area (Å²) in [5, 5.41) is 0. The van der Waals surface area contributed by atoms with Crippen LogP contribution in [0, 0.1) is 0 Å². The van der Waals surface area contributed by atoms with E-state index in [4.69, 9.17) is 11.5 Å². The second-order valence-electron chi connectivity index (χ2n) is 4.78. The van der Waals surface area contributed by atoms with Crippen LogP contribution in [-0.4, -0.2) is 53.6 Å². The van der Waals surface area contributed by atoms with Gasteiger partial charge in [0, 0.05) is 40.3 Å². The largest absolute Gasteiger partial charge is 0.412 e. The summed E-state index contributed by atoms with van der Waals surface area (Å²) in [4.78, 5) is 37.8. The lowest BCUT2D eigenvalue weighted by atomic mass is 10.6. The average Bonchev–Trinajstić information content (AvgIpc) is 2.37. The van der Waals surface area contributed by atoms with E-state index in [9.17, 15) is 9.59 Å². The lowest BCUT2D eigenvalue weighted by Gasteiger charge is -2.09. The molecular weight excluding hydrogens is 304 g/mol. The van der Waals surface area contributed by atoms with E-state index in [1.807, 2.05) is 0 Å². The molecule has 0 unspecified atom stereocenters. The van der Waals surface area contributed by atoms with Crippen LogP contribution in [0.15, 0.2) is 21.7 Å². The van der Waals surface area contributed by atoms with Crippen LogP contribution in [0.25, 0.3) is 0 Å². The maximum atomic E-state index is 10.8. The molecule has 0 amide bonds. The Hall–Kier alpha value is -3.08. The number of rotatable bonds is 2. The number of aromatic amines is 2. The third kappa shape index (κ3) is 6.48. The van der Waals surface area contributed by atoms with Gasteiger partial charge in [-0.3, -0.25) is 19.6 Å². The monoisotopic (exact) mass is 326 g/mol. The van der Waals surface area contributed by atoms with Crippen molar-refractivity contribution in [2.75, 3.05) is 49.5 Å². The Labute approximate surface area is 132 Å². The Morgan fingerprint density at radius 3 is 1.35 bits per heavy atom. The van der Waals surface area contributed by atoms with Crippen molar-refractivity contribution in [3.05, 3.63) is 32.8 Å². The van der Waals surface area contributed by atoms with E-state index in [0.29, 0.717) is 11.9 Å². The van der Waals surface area contributed by atoms with Gasteiger partial charge in [0.2, 0.25) is 11.9 Å². The van der Waals surface area contributed by atoms with Crippen LogP contribution in [0.2, 0.25) is 0 Å². The molecule has 11 nitrogen and oxygen atoms in total. The summed E-state index contributed by atoms with van der Waals surface area (Å²) in [6.45, 7) is 0. The second kappa shape index (κ2) is 8.38. The van der Waals surface area contributed by atoms with Gasteiger partial charge in [-0.15, -0.1) is 0 Å². The summed E-state index contributed by atoms with van der Waals surface area (Å²) in [6, 6.07) is 2.49. The first-order valence-electron chi connectivity index (χ1n) is 6.27. The molecule has 0 aliphatic rings. The first-order valence-corrected chi connectivity index (χ1v) is 6.27. The van der Waals surface area contributed by atoms with Gasteiger partial charge in [0.1, 0.15) is 11.6 Å². The molecule has 2 rings (SSSR count). The fraction of sp³-hybridized carbons (Fsp3) is 0.333. The second-order valence-corrected chi connectivity index (χ2v) is 4.78. The number of nitrogens with one attached hydrogen (secondary N) is 2. The topological polar surface area (TPSA) is 182 Å². The van der Waals surface area contributed by atoms with E-state index in [-0.39, 0.29) is 28.2 Å². The fourth-order valence-corrected chi connectivity index (χ4v) is 1.35. The molecule has 0 atom stereocenters. The number of aromatic nitrogens is 4. The molecule has 0 bridgehead atoms. The third-order valence-electron chi connectivity index (χ3n) is 2.35. The molecule has 8 N–H and O–H groups in total. The van der Waals surface area contributed by atoms with Crippen LogP contribution < -0.4 is 32.4 Å². The number of hydrogen-bond donors (Lipinski definition) is 4. The van der Waals surface area contributed by atoms with Gasteiger partial charge < -0.3 is 26.7 Å². The highest BCUT2D eigenvalue weighted by molar-refractivity contribution is 5.36. The predicted molar refractivity (Wildman–Crippen MR) is 90.8 cm³/mol. The van der Waals surface area contributed by atoms with Crippen molar-refractivity contribution in [1.82, 2.24) is 19.9 Å². The Bertz CT molecular complexity index is 674. The van der Waals surface area contributed by atoms with Gasteiger partial charge in [-0.25, -0.2) is 0 Å². The maximum Gasteiger partial charge on any atom is 0.254 e. The quantitative estimate of drug-likeness (QED) is 0.489. The van der Waals surface area contributed by atoms with E-state index in [2.05, 4.69) is 19.9 Å². The molecule has 2 aromatic heterocycles. The van der Waals surface area contributed by atoms with Crippen molar-refractivity contribution in [3.63, 3.8) is 0 Å². The average molecular weight is 326 g/mol. The van der Waals surface area contributed by atoms with E-state index in [1.54, 1.807) is 38.0 Å². The van der Waals surface area contributed by atoms with E-state index >= 15 is 0 Å². The van der Waals surface area contributed by atoms with E-state index in [0.717, 1.165) is 0 Å². The van der Waals surface area contributed by atoms with Crippen molar-refractivity contribution >= 4 is 23.5 Å². The number of anilines is 4. The summed E-state index contributed by atoms with van der Waals surface area (Å²) < 4.78 is 0. The molecule has 0 radical (unpaired) electrons. The molecule has 2 heterocycles. The number of nitrogens with zero attached hydrogens (tertiary/aromatic N) is 4. The number of nitrogens with two attached hydrogens (primary N) is 2. The lowest BCUT2D eigenvalue weighted by molar-refractivity contribution is 0.824. The number of hydrogen-bond acceptors (Lipinski definition) is 8. The first kappa shape index (κ1) is 19.9. The fourth-order valence-electron chi connectivity index (χ4n) is 1.35. The van der Waals surface area contributed by atoms with E-state index in [1.165, 1.54) is 12.1 Å². The van der Waals surface area contributed by atoms with Crippen LogP contribution in [0.5, 0.6) is 0 Å². The summed E-state index contributed by atoms with van der Waals surface area (Å²) in [7, 11) is 7.10.